The number of carbonyl (C=O) groups excluding carboxylic acids is 1. The molecule has 2 rings (SSSR count). The predicted octanol–water partition coefficient (Wildman–Crippen LogP) is 0.860. The maximum Gasteiger partial charge on any atom is 0.415 e. The lowest BCUT2D eigenvalue weighted by Gasteiger charge is -2.13. The lowest BCUT2D eigenvalue weighted by atomic mass is 10.5. The molecular formula is C8H11N3O2. The van der Waals surface area contributed by atoms with Gasteiger partial charge in [-0.05, 0) is 6.92 Å². The van der Waals surface area contributed by atoms with Crippen LogP contribution in [0, 0.1) is 0 Å². The van der Waals surface area contributed by atoms with Gasteiger partial charge in [-0.2, -0.15) is 5.10 Å². The van der Waals surface area contributed by atoms with Crippen LogP contribution in [0.5, 0.6) is 0 Å². The van der Waals surface area contributed by atoms with E-state index in [1.165, 1.54) is 0 Å². The van der Waals surface area contributed by atoms with Gasteiger partial charge >= 0.3 is 6.09 Å². The third-order valence-electron chi connectivity index (χ3n) is 1.99. The minimum atomic E-state index is -0.290. The van der Waals surface area contributed by atoms with Crippen LogP contribution in [0.3, 0.4) is 0 Å². The van der Waals surface area contributed by atoms with E-state index in [0.717, 1.165) is 12.4 Å². The first-order valence-corrected chi connectivity index (χ1v) is 4.29. The van der Waals surface area contributed by atoms with Crippen molar-refractivity contribution in [3.8, 4) is 0 Å². The Labute approximate surface area is 75.9 Å². The van der Waals surface area contributed by atoms with E-state index in [1.807, 2.05) is 6.07 Å². The lowest BCUT2D eigenvalue weighted by Crippen LogP contribution is -2.29. The van der Waals surface area contributed by atoms with Gasteiger partial charge in [0.1, 0.15) is 5.82 Å². The van der Waals surface area contributed by atoms with Crippen molar-refractivity contribution in [3.05, 3.63) is 12.3 Å². The van der Waals surface area contributed by atoms with Crippen LogP contribution in [-0.4, -0.2) is 29.0 Å². The Hall–Kier alpha value is -1.52. The molecule has 0 bridgehead atoms. The second kappa shape index (κ2) is 3.08. The highest BCUT2D eigenvalue weighted by Crippen LogP contribution is 2.20. The van der Waals surface area contributed by atoms with E-state index in [4.69, 9.17) is 4.74 Å². The second-order valence-electron chi connectivity index (χ2n) is 2.76. The molecule has 0 saturated heterocycles. The minimum Gasteiger partial charge on any atom is -0.449 e. The second-order valence-corrected chi connectivity index (χ2v) is 2.76. The molecule has 0 fully saturated rings. The molecule has 1 aromatic heterocycles. The average Bonchev–Trinajstić information content (AvgIpc) is 2.62. The lowest BCUT2D eigenvalue weighted by molar-refractivity contribution is 0.160. The monoisotopic (exact) mass is 181 g/mol. The van der Waals surface area contributed by atoms with Crippen molar-refractivity contribution in [2.24, 2.45) is 0 Å². The first-order valence-electron chi connectivity index (χ1n) is 4.29. The van der Waals surface area contributed by atoms with Crippen LogP contribution in [-0.2, 0) is 11.3 Å². The Balaban J connectivity index is 2.16. The smallest absolute Gasteiger partial charge is 0.415 e. The topological polar surface area (TPSA) is 47.4 Å². The third kappa shape index (κ3) is 1.26. The van der Waals surface area contributed by atoms with Gasteiger partial charge in [-0.3, -0.25) is 4.90 Å². The SMILES string of the molecule is CCOC(=O)N1CCn2nccc21. The van der Waals surface area contributed by atoms with Crippen LogP contribution in [0.4, 0.5) is 10.6 Å². The number of anilines is 1. The van der Waals surface area contributed by atoms with Gasteiger partial charge in [-0.25, -0.2) is 9.48 Å². The zero-order valence-corrected chi connectivity index (χ0v) is 7.43. The number of nitrogens with zero attached hydrogens (tertiary/aromatic N) is 3. The van der Waals surface area contributed by atoms with Gasteiger partial charge in [0.2, 0.25) is 0 Å². The molecule has 1 aromatic rings. The van der Waals surface area contributed by atoms with Crippen molar-refractivity contribution in [2.45, 2.75) is 13.5 Å². The molecular weight excluding hydrogens is 170 g/mol. The molecule has 0 N–H and O–H groups in total. The Bertz CT molecular complexity index is 321. The molecule has 13 heavy (non-hydrogen) atoms. The van der Waals surface area contributed by atoms with E-state index in [9.17, 15) is 4.79 Å². The molecule has 0 saturated carbocycles. The number of hydrogen-bond acceptors (Lipinski definition) is 3. The number of ether oxygens (including phenoxy) is 1. The fourth-order valence-electron chi connectivity index (χ4n) is 1.42. The highest BCUT2D eigenvalue weighted by molar-refractivity contribution is 5.87. The van der Waals surface area contributed by atoms with Crippen LogP contribution in [0.1, 0.15) is 6.92 Å². The number of aromatic nitrogens is 2. The van der Waals surface area contributed by atoms with E-state index in [0.29, 0.717) is 13.2 Å². The molecule has 5 heteroatoms. The van der Waals surface area contributed by atoms with Crippen LogP contribution in [0.2, 0.25) is 0 Å². The highest BCUT2D eigenvalue weighted by atomic mass is 16.6. The zero-order valence-electron chi connectivity index (χ0n) is 7.43. The molecule has 1 aliphatic heterocycles. The van der Waals surface area contributed by atoms with Gasteiger partial charge in [-0.15, -0.1) is 0 Å². The van der Waals surface area contributed by atoms with Crippen molar-refractivity contribution >= 4 is 11.9 Å². The molecule has 0 aromatic carbocycles. The van der Waals surface area contributed by atoms with E-state index in [1.54, 1.807) is 22.7 Å². The van der Waals surface area contributed by atoms with E-state index < -0.39 is 0 Å². The Morgan fingerprint density at radius 1 is 1.69 bits per heavy atom. The maximum absolute atomic E-state index is 11.4. The van der Waals surface area contributed by atoms with Crippen molar-refractivity contribution in [1.82, 2.24) is 9.78 Å². The van der Waals surface area contributed by atoms with Crippen molar-refractivity contribution in [2.75, 3.05) is 18.1 Å². The Morgan fingerprint density at radius 2 is 2.54 bits per heavy atom. The van der Waals surface area contributed by atoms with Gasteiger partial charge in [0, 0.05) is 6.07 Å². The summed E-state index contributed by atoms with van der Waals surface area (Å²) in [5.41, 5.74) is 0. The molecule has 2 heterocycles. The van der Waals surface area contributed by atoms with E-state index in [2.05, 4.69) is 5.10 Å². The van der Waals surface area contributed by atoms with Gasteiger partial charge in [0.25, 0.3) is 0 Å². The molecule has 70 valence electrons. The average molecular weight is 181 g/mol. The summed E-state index contributed by atoms with van der Waals surface area (Å²) in [6, 6.07) is 1.81. The summed E-state index contributed by atoms with van der Waals surface area (Å²) in [6.45, 7) is 3.61. The quantitative estimate of drug-likeness (QED) is 0.645. The summed E-state index contributed by atoms with van der Waals surface area (Å²) >= 11 is 0. The summed E-state index contributed by atoms with van der Waals surface area (Å²) in [6.07, 6.45) is 1.39. The summed E-state index contributed by atoms with van der Waals surface area (Å²) in [5.74, 6) is 0.818. The van der Waals surface area contributed by atoms with Crippen molar-refractivity contribution in [3.63, 3.8) is 0 Å². The Kier molecular flexibility index (Phi) is 1.92. The number of fused-ring (bicyclic) bond motifs is 1. The summed E-state index contributed by atoms with van der Waals surface area (Å²) in [7, 11) is 0. The number of carbonyl (C=O) groups is 1. The fourth-order valence-corrected chi connectivity index (χ4v) is 1.42. The molecule has 0 unspecified atom stereocenters. The minimum absolute atomic E-state index is 0.290. The van der Waals surface area contributed by atoms with Crippen LogP contribution in [0.15, 0.2) is 12.3 Å². The number of rotatable bonds is 1. The standard InChI is InChI=1S/C8H11N3O2/c1-2-13-8(12)10-5-6-11-7(10)3-4-9-11/h3-4H,2,5-6H2,1H3. The van der Waals surface area contributed by atoms with Gasteiger partial charge < -0.3 is 4.74 Å². The van der Waals surface area contributed by atoms with E-state index >= 15 is 0 Å². The largest absolute Gasteiger partial charge is 0.449 e. The molecule has 1 aliphatic rings. The first kappa shape index (κ1) is 8.10. The number of hydrogen-bond donors (Lipinski definition) is 0. The summed E-state index contributed by atoms with van der Waals surface area (Å²) in [5, 5.41) is 4.06. The van der Waals surface area contributed by atoms with Crippen LogP contribution in [0.25, 0.3) is 0 Å². The van der Waals surface area contributed by atoms with Crippen molar-refractivity contribution < 1.29 is 9.53 Å². The Morgan fingerprint density at radius 3 is 3.31 bits per heavy atom. The van der Waals surface area contributed by atoms with Crippen molar-refractivity contribution in [1.29, 1.82) is 0 Å². The highest BCUT2D eigenvalue weighted by Gasteiger charge is 2.25. The molecule has 0 radical (unpaired) electrons. The molecule has 0 aliphatic carbocycles. The third-order valence-corrected chi connectivity index (χ3v) is 1.99. The zero-order chi connectivity index (χ0) is 9.26. The normalized spacial score (nSPS) is 14.4. The van der Waals surface area contributed by atoms with Crippen LogP contribution >= 0.6 is 0 Å². The maximum atomic E-state index is 11.4. The van der Waals surface area contributed by atoms with Gasteiger partial charge in [0.15, 0.2) is 0 Å². The molecule has 0 atom stereocenters. The molecule has 1 amide bonds. The number of amides is 1. The molecule has 5 nitrogen and oxygen atoms in total. The predicted molar refractivity (Wildman–Crippen MR) is 46.6 cm³/mol. The fraction of sp³-hybridized carbons (Fsp3) is 0.500. The van der Waals surface area contributed by atoms with Gasteiger partial charge in [0.05, 0.1) is 25.9 Å². The molecule has 0 spiro atoms. The summed E-state index contributed by atoms with van der Waals surface area (Å²) < 4.78 is 6.69. The first-order chi connectivity index (χ1) is 6.33. The summed E-state index contributed by atoms with van der Waals surface area (Å²) in [4.78, 5) is 13.0. The van der Waals surface area contributed by atoms with Gasteiger partial charge in [-0.1, -0.05) is 0 Å². The van der Waals surface area contributed by atoms with Crippen LogP contribution < -0.4 is 4.90 Å². The van der Waals surface area contributed by atoms with E-state index in [-0.39, 0.29) is 6.09 Å².